The Morgan fingerprint density at radius 1 is 1.28 bits per heavy atom. The monoisotopic (exact) mass is 249 g/mol. The Balaban J connectivity index is 2.62. The largest absolute Gasteiger partial charge is 0.340 e. The van der Waals surface area contributed by atoms with Crippen molar-refractivity contribution in [3.63, 3.8) is 0 Å². The highest BCUT2D eigenvalue weighted by Gasteiger charge is 2.16. The van der Waals surface area contributed by atoms with E-state index in [9.17, 15) is 9.59 Å². The van der Waals surface area contributed by atoms with Crippen LogP contribution in [0.15, 0.2) is 24.3 Å². The van der Waals surface area contributed by atoms with Crippen LogP contribution in [-0.4, -0.2) is 37.0 Å². The first-order chi connectivity index (χ1) is 8.40. The topological polar surface area (TPSA) is 61.4 Å². The fourth-order valence-corrected chi connectivity index (χ4v) is 1.45. The number of amides is 2. The van der Waals surface area contributed by atoms with E-state index in [1.807, 2.05) is 19.1 Å². The molecular formula is C13H19N3O2. The van der Waals surface area contributed by atoms with Gasteiger partial charge in [-0.25, -0.2) is 5.01 Å². The Bertz CT molecular complexity index is 444. The summed E-state index contributed by atoms with van der Waals surface area (Å²) in [7, 11) is 3.43. The zero-order valence-corrected chi connectivity index (χ0v) is 11.2. The molecule has 1 aromatic carbocycles. The van der Waals surface area contributed by atoms with Crippen LogP contribution in [0.1, 0.15) is 22.8 Å². The number of hydrogen-bond acceptors (Lipinski definition) is 3. The van der Waals surface area contributed by atoms with Gasteiger partial charge in [-0.2, -0.15) is 0 Å². The molecule has 1 atom stereocenters. The summed E-state index contributed by atoms with van der Waals surface area (Å²) in [4.78, 5) is 23.5. The summed E-state index contributed by atoms with van der Waals surface area (Å²) in [5, 5.41) is 4.19. The lowest BCUT2D eigenvalue weighted by atomic mass is 10.1. The number of hydrazine groups is 1. The van der Waals surface area contributed by atoms with Crippen LogP contribution in [0.3, 0.4) is 0 Å². The standard InChI is InChI=1S/C13H19N3O2/c1-9-6-5-7-11(8-9)13(18)14-10(2)12(17)15-16(3)4/h5-8,10H,1-4H3,(H,14,18)(H,15,17)/t10-/m0/s1. The molecule has 0 unspecified atom stereocenters. The van der Waals surface area contributed by atoms with Crippen molar-refractivity contribution in [2.24, 2.45) is 0 Å². The van der Waals surface area contributed by atoms with Gasteiger partial charge in [-0.15, -0.1) is 0 Å². The van der Waals surface area contributed by atoms with Gasteiger partial charge in [-0.1, -0.05) is 17.7 Å². The highest BCUT2D eigenvalue weighted by Crippen LogP contribution is 2.04. The first kappa shape index (κ1) is 14.2. The van der Waals surface area contributed by atoms with Crippen molar-refractivity contribution in [2.45, 2.75) is 19.9 Å². The third-order valence-electron chi connectivity index (χ3n) is 2.35. The number of rotatable bonds is 4. The van der Waals surface area contributed by atoms with Gasteiger partial charge in [0.25, 0.3) is 11.8 Å². The molecule has 0 aromatic heterocycles. The van der Waals surface area contributed by atoms with Crippen molar-refractivity contribution in [1.29, 1.82) is 0 Å². The molecule has 0 fully saturated rings. The van der Waals surface area contributed by atoms with E-state index < -0.39 is 6.04 Å². The van der Waals surface area contributed by atoms with E-state index in [0.29, 0.717) is 5.56 Å². The molecule has 0 saturated carbocycles. The maximum absolute atomic E-state index is 11.9. The quantitative estimate of drug-likeness (QED) is 0.772. The molecule has 2 N–H and O–H groups in total. The van der Waals surface area contributed by atoms with E-state index >= 15 is 0 Å². The summed E-state index contributed by atoms with van der Waals surface area (Å²) >= 11 is 0. The first-order valence-corrected chi connectivity index (χ1v) is 5.75. The van der Waals surface area contributed by atoms with Gasteiger partial charge in [0.15, 0.2) is 0 Å². The maximum atomic E-state index is 11.9. The average molecular weight is 249 g/mol. The average Bonchev–Trinajstić information content (AvgIpc) is 2.27. The molecule has 0 bridgehead atoms. The Morgan fingerprint density at radius 3 is 2.50 bits per heavy atom. The summed E-state index contributed by atoms with van der Waals surface area (Å²) < 4.78 is 0. The molecule has 5 nitrogen and oxygen atoms in total. The van der Waals surface area contributed by atoms with Gasteiger partial charge < -0.3 is 5.32 Å². The molecule has 18 heavy (non-hydrogen) atoms. The lowest BCUT2D eigenvalue weighted by Crippen LogP contribution is -2.48. The Labute approximate surface area is 107 Å². The zero-order chi connectivity index (χ0) is 13.7. The predicted octanol–water partition coefficient (Wildman–Crippen LogP) is 0.706. The van der Waals surface area contributed by atoms with Gasteiger partial charge in [0.2, 0.25) is 0 Å². The summed E-state index contributed by atoms with van der Waals surface area (Å²) in [6.07, 6.45) is 0. The minimum Gasteiger partial charge on any atom is -0.340 e. The summed E-state index contributed by atoms with van der Waals surface area (Å²) in [6, 6.07) is 6.65. The van der Waals surface area contributed by atoms with Crippen molar-refractivity contribution in [3.05, 3.63) is 35.4 Å². The summed E-state index contributed by atoms with van der Waals surface area (Å²) in [5.74, 6) is -0.499. The molecule has 0 aliphatic carbocycles. The third kappa shape index (κ3) is 4.18. The van der Waals surface area contributed by atoms with E-state index in [0.717, 1.165) is 5.56 Å². The van der Waals surface area contributed by atoms with Crippen LogP contribution in [0.2, 0.25) is 0 Å². The van der Waals surface area contributed by atoms with E-state index in [2.05, 4.69) is 10.7 Å². The molecule has 0 radical (unpaired) electrons. The molecule has 0 aliphatic heterocycles. The van der Waals surface area contributed by atoms with Gasteiger partial charge in [-0.3, -0.25) is 15.0 Å². The minimum atomic E-state index is -0.583. The fraction of sp³-hybridized carbons (Fsp3) is 0.385. The SMILES string of the molecule is Cc1cccc(C(=O)N[C@@H](C)C(=O)NN(C)C)c1. The van der Waals surface area contributed by atoms with E-state index in [1.54, 1.807) is 33.2 Å². The number of nitrogens with zero attached hydrogens (tertiary/aromatic N) is 1. The van der Waals surface area contributed by atoms with Crippen LogP contribution >= 0.6 is 0 Å². The third-order valence-corrected chi connectivity index (χ3v) is 2.35. The van der Waals surface area contributed by atoms with Crippen molar-refractivity contribution < 1.29 is 9.59 Å². The fourth-order valence-electron chi connectivity index (χ4n) is 1.45. The van der Waals surface area contributed by atoms with Crippen molar-refractivity contribution >= 4 is 11.8 Å². The van der Waals surface area contributed by atoms with Crippen LogP contribution in [0.25, 0.3) is 0 Å². The van der Waals surface area contributed by atoms with E-state index in [1.165, 1.54) is 5.01 Å². The normalized spacial score (nSPS) is 12.1. The highest BCUT2D eigenvalue weighted by atomic mass is 16.2. The van der Waals surface area contributed by atoms with Crippen LogP contribution in [0.5, 0.6) is 0 Å². The maximum Gasteiger partial charge on any atom is 0.256 e. The van der Waals surface area contributed by atoms with Crippen LogP contribution in [0, 0.1) is 6.92 Å². The predicted molar refractivity (Wildman–Crippen MR) is 69.9 cm³/mol. The lowest BCUT2D eigenvalue weighted by molar-refractivity contribution is -0.126. The second-order valence-corrected chi connectivity index (χ2v) is 4.44. The molecule has 0 heterocycles. The van der Waals surface area contributed by atoms with E-state index in [4.69, 9.17) is 0 Å². The molecule has 1 rings (SSSR count). The Hall–Kier alpha value is -1.88. The number of nitrogens with one attached hydrogen (secondary N) is 2. The summed E-state index contributed by atoms with van der Waals surface area (Å²) in [5.41, 5.74) is 4.15. The Morgan fingerprint density at radius 2 is 1.94 bits per heavy atom. The molecule has 1 aromatic rings. The molecular weight excluding hydrogens is 230 g/mol. The van der Waals surface area contributed by atoms with Gasteiger partial charge in [-0.05, 0) is 26.0 Å². The number of carbonyl (C=O) groups is 2. The molecule has 0 aliphatic rings. The van der Waals surface area contributed by atoms with Crippen LogP contribution in [0.4, 0.5) is 0 Å². The molecule has 0 saturated heterocycles. The molecule has 0 spiro atoms. The number of aryl methyl sites for hydroxylation is 1. The lowest BCUT2D eigenvalue weighted by Gasteiger charge is -2.17. The minimum absolute atomic E-state index is 0.249. The van der Waals surface area contributed by atoms with Gasteiger partial charge in [0.1, 0.15) is 6.04 Å². The van der Waals surface area contributed by atoms with Gasteiger partial charge in [0.05, 0.1) is 0 Å². The Kier molecular flexibility index (Phi) is 4.85. The van der Waals surface area contributed by atoms with Gasteiger partial charge >= 0.3 is 0 Å². The molecule has 5 heteroatoms. The van der Waals surface area contributed by atoms with Crippen molar-refractivity contribution in [2.75, 3.05) is 14.1 Å². The number of carbonyl (C=O) groups excluding carboxylic acids is 2. The zero-order valence-electron chi connectivity index (χ0n) is 11.2. The van der Waals surface area contributed by atoms with Crippen molar-refractivity contribution in [3.8, 4) is 0 Å². The highest BCUT2D eigenvalue weighted by molar-refractivity contribution is 5.97. The van der Waals surface area contributed by atoms with Crippen molar-refractivity contribution in [1.82, 2.24) is 15.8 Å². The molecule has 2 amide bonds. The molecule has 98 valence electrons. The second-order valence-electron chi connectivity index (χ2n) is 4.44. The summed E-state index contributed by atoms with van der Waals surface area (Å²) in [6.45, 7) is 3.56. The first-order valence-electron chi connectivity index (χ1n) is 5.75. The van der Waals surface area contributed by atoms with Gasteiger partial charge in [0, 0.05) is 19.7 Å². The number of hydrogen-bond donors (Lipinski definition) is 2. The second kappa shape index (κ2) is 6.16. The van der Waals surface area contributed by atoms with Crippen LogP contribution < -0.4 is 10.7 Å². The van der Waals surface area contributed by atoms with Crippen LogP contribution in [-0.2, 0) is 4.79 Å². The number of benzene rings is 1. The van der Waals surface area contributed by atoms with E-state index in [-0.39, 0.29) is 11.8 Å². The smallest absolute Gasteiger partial charge is 0.256 e.